The molecule has 0 aromatic carbocycles. The molecule has 1 unspecified atom stereocenters. The number of nitrogens with one attached hydrogen (secondary N) is 1. The monoisotopic (exact) mass is 172 g/mol. The molecule has 3 nitrogen and oxygen atoms in total. The van der Waals surface area contributed by atoms with E-state index in [1.807, 2.05) is 0 Å². The van der Waals surface area contributed by atoms with E-state index in [2.05, 4.69) is 5.32 Å². The Morgan fingerprint density at radius 1 is 1.36 bits per heavy atom. The topological polar surface area (TPSA) is 67.3 Å². The molecule has 0 bridgehead atoms. The van der Waals surface area contributed by atoms with Crippen LogP contribution in [0.15, 0.2) is 0 Å². The summed E-state index contributed by atoms with van der Waals surface area (Å²) in [5.74, 6) is 0. The second-order valence-corrected chi connectivity index (χ2v) is 2.46. The molecular formula is C5H11F3N2O. The van der Waals surface area contributed by atoms with Crippen LogP contribution in [-0.4, -0.2) is 30.0 Å². The number of alkyl halides is 3. The van der Waals surface area contributed by atoms with Crippen molar-refractivity contribution >= 4 is 0 Å². The number of hydrogen-bond donors (Lipinski definition) is 3. The van der Waals surface area contributed by atoms with Gasteiger partial charge in [-0.05, 0) is 13.0 Å². The first kappa shape index (κ1) is 10.7. The fourth-order valence-corrected chi connectivity index (χ4v) is 0.921. The van der Waals surface area contributed by atoms with Crippen molar-refractivity contribution in [3.63, 3.8) is 0 Å². The molecule has 1 rings (SSSR count). The van der Waals surface area contributed by atoms with Gasteiger partial charge in [0.2, 0.25) is 0 Å². The van der Waals surface area contributed by atoms with Gasteiger partial charge in [0.15, 0.2) is 5.60 Å². The van der Waals surface area contributed by atoms with Gasteiger partial charge in [-0.1, -0.05) is 0 Å². The second kappa shape index (κ2) is 2.96. The van der Waals surface area contributed by atoms with E-state index in [4.69, 9.17) is 5.11 Å². The molecule has 5 N–H and O–H groups in total. The third-order valence-electron chi connectivity index (χ3n) is 1.66. The second-order valence-electron chi connectivity index (χ2n) is 2.46. The average Bonchev–Trinajstić information content (AvgIpc) is 2.13. The molecule has 68 valence electrons. The Bertz CT molecular complexity index is 130. The molecule has 0 amide bonds. The molecule has 0 aromatic heterocycles. The number of rotatable bonds is 0. The van der Waals surface area contributed by atoms with Crippen molar-refractivity contribution in [1.82, 2.24) is 11.5 Å². The summed E-state index contributed by atoms with van der Waals surface area (Å²) >= 11 is 0. The lowest BCUT2D eigenvalue weighted by molar-refractivity contribution is -0.251. The summed E-state index contributed by atoms with van der Waals surface area (Å²) in [7, 11) is 0. The number of hydrogen-bond acceptors (Lipinski definition) is 3. The molecule has 0 aliphatic carbocycles. The first-order valence-electron chi connectivity index (χ1n) is 2.95. The molecule has 0 spiro atoms. The van der Waals surface area contributed by atoms with Crippen LogP contribution in [0.2, 0.25) is 0 Å². The predicted octanol–water partition coefficient (Wildman–Crippen LogP) is 0.435. The highest BCUT2D eigenvalue weighted by Crippen LogP contribution is 2.34. The smallest absolute Gasteiger partial charge is 0.379 e. The van der Waals surface area contributed by atoms with Crippen LogP contribution in [0.3, 0.4) is 0 Å². The van der Waals surface area contributed by atoms with E-state index in [-0.39, 0.29) is 25.7 Å². The summed E-state index contributed by atoms with van der Waals surface area (Å²) in [5, 5.41) is 11.3. The Morgan fingerprint density at radius 3 is 2.09 bits per heavy atom. The standard InChI is InChI=1S/C5H8F3NO.H3N/c6-5(7,8)4(10)1-2-9-3-4;/h9-10H,1-3H2;1H3. The maximum Gasteiger partial charge on any atom is 0.418 e. The fourth-order valence-electron chi connectivity index (χ4n) is 0.921. The maximum absolute atomic E-state index is 11.9. The molecule has 0 saturated carbocycles. The third kappa shape index (κ3) is 1.82. The van der Waals surface area contributed by atoms with E-state index in [9.17, 15) is 13.2 Å². The Kier molecular flexibility index (Phi) is 2.87. The molecule has 0 radical (unpaired) electrons. The Labute approximate surface area is 62.2 Å². The minimum atomic E-state index is -4.49. The SMILES string of the molecule is N.OC1(C(F)(F)F)CCNC1. The van der Waals surface area contributed by atoms with Gasteiger partial charge in [0.05, 0.1) is 0 Å². The van der Waals surface area contributed by atoms with Gasteiger partial charge in [-0.15, -0.1) is 0 Å². The van der Waals surface area contributed by atoms with Gasteiger partial charge >= 0.3 is 6.18 Å². The molecular weight excluding hydrogens is 161 g/mol. The van der Waals surface area contributed by atoms with Crippen LogP contribution in [-0.2, 0) is 0 Å². The largest absolute Gasteiger partial charge is 0.418 e. The van der Waals surface area contributed by atoms with Gasteiger partial charge in [0.1, 0.15) is 0 Å². The molecule has 1 saturated heterocycles. The number of β-amino-alcohol motifs (C(OH)–C–C–N with tert-alkyl or cyclic N) is 1. The summed E-state index contributed by atoms with van der Waals surface area (Å²) in [5.41, 5.74) is -2.48. The summed E-state index contributed by atoms with van der Waals surface area (Å²) in [6.45, 7) is -0.146. The third-order valence-corrected chi connectivity index (χ3v) is 1.66. The highest BCUT2D eigenvalue weighted by Gasteiger charge is 2.54. The van der Waals surface area contributed by atoms with Crippen LogP contribution in [0, 0.1) is 0 Å². The lowest BCUT2D eigenvalue weighted by Gasteiger charge is -2.23. The number of halogens is 3. The van der Waals surface area contributed by atoms with Crippen molar-refractivity contribution in [3.05, 3.63) is 0 Å². The molecule has 11 heavy (non-hydrogen) atoms. The summed E-state index contributed by atoms with van der Waals surface area (Å²) in [4.78, 5) is 0. The summed E-state index contributed by atoms with van der Waals surface area (Å²) < 4.78 is 35.6. The zero-order chi connectivity index (χ0) is 7.83. The van der Waals surface area contributed by atoms with Crippen molar-refractivity contribution in [3.8, 4) is 0 Å². The van der Waals surface area contributed by atoms with Crippen LogP contribution in [0.4, 0.5) is 13.2 Å². The van der Waals surface area contributed by atoms with Crippen molar-refractivity contribution in [2.24, 2.45) is 0 Å². The van der Waals surface area contributed by atoms with Gasteiger partial charge in [0, 0.05) is 6.54 Å². The van der Waals surface area contributed by atoms with Gasteiger partial charge < -0.3 is 16.6 Å². The Hall–Kier alpha value is -0.330. The minimum absolute atomic E-state index is 0. The Morgan fingerprint density at radius 2 is 1.91 bits per heavy atom. The zero-order valence-corrected chi connectivity index (χ0v) is 5.91. The average molecular weight is 172 g/mol. The summed E-state index contributed by atoms with van der Waals surface area (Å²) in [6, 6.07) is 0. The maximum atomic E-state index is 11.9. The van der Waals surface area contributed by atoms with E-state index >= 15 is 0 Å². The quantitative estimate of drug-likeness (QED) is 0.496. The van der Waals surface area contributed by atoms with Gasteiger partial charge in [-0.2, -0.15) is 13.2 Å². The molecule has 1 heterocycles. The van der Waals surface area contributed by atoms with Gasteiger partial charge in [-0.3, -0.25) is 0 Å². The normalized spacial score (nSPS) is 31.6. The van der Waals surface area contributed by atoms with Crippen molar-refractivity contribution < 1.29 is 18.3 Å². The van der Waals surface area contributed by atoms with E-state index in [1.165, 1.54) is 0 Å². The number of aliphatic hydroxyl groups is 1. The Balaban J connectivity index is 0.000001000. The van der Waals surface area contributed by atoms with E-state index in [1.54, 1.807) is 0 Å². The van der Waals surface area contributed by atoms with Gasteiger partial charge in [0.25, 0.3) is 0 Å². The molecule has 1 aliphatic heterocycles. The first-order chi connectivity index (χ1) is 4.46. The van der Waals surface area contributed by atoms with Crippen LogP contribution in [0.25, 0.3) is 0 Å². The van der Waals surface area contributed by atoms with Crippen molar-refractivity contribution in [2.45, 2.75) is 18.2 Å². The van der Waals surface area contributed by atoms with Crippen LogP contribution in [0.1, 0.15) is 6.42 Å². The molecule has 6 heteroatoms. The zero-order valence-electron chi connectivity index (χ0n) is 5.91. The lowest BCUT2D eigenvalue weighted by atomic mass is 10.0. The fraction of sp³-hybridized carbons (Fsp3) is 1.00. The first-order valence-corrected chi connectivity index (χ1v) is 2.95. The van der Waals surface area contributed by atoms with Gasteiger partial charge in [-0.25, -0.2) is 0 Å². The van der Waals surface area contributed by atoms with E-state index in [0.717, 1.165) is 0 Å². The molecule has 0 aromatic rings. The highest BCUT2D eigenvalue weighted by molar-refractivity contribution is 4.93. The molecule has 1 aliphatic rings. The van der Waals surface area contributed by atoms with Crippen LogP contribution < -0.4 is 11.5 Å². The molecule has 1 fully saturated rings. The lowest BCUT2D eigenvalue weighted by Crippen LogP contribution is -2.46. The summed E-state index contributed by atoms with van der Waals surface area (Å²) in [6.07, 6.45) is -4.73. The highest BCUT2D eigenvalue weighted by atomic mass is 19.4. The van der Waals surface area contributed by atoms with Crippen LogP contribution >= 0.6 is 0 Å². The van der Waals surface area contributed by atoms with E-state index in [0.29, 0.717) is 0 Å². The minimum Gasteiger partial charge on any atom is -0.379 e. The van der Waals surface area contributed by atoms with Crippen molar-refractivity contribution in [2.75, 3.05) is 13.1 Å². The van der Waals surface area contributed by atoms with Crippen LogP contribution in [0.5, 0.6) is 0 Å². The molecule has 1 atom stereocenters. The van der Waals surface area contributed by atoms with Crippen molar-refractivity contribution in [1.29, 1.82) is 0 Å². The predicted molar refractivity (Wildman–Crippen MR) is 33.5 cm³/mol. The van der Waals surface area contributed by atoms with E-state index < -0.39 is 11.8 Å².